The van der Waals surface area contributed by atoms with Gasteiger partial charge < -0.3 is 15.3 Å². The highest BCUT2D eigenvalue weighted by Gasteiger charge is 2.25. The topological polar surface area (TPSA) is 69.6 Å². The predicted molar refractivity (Wildman–Crippen MR) is 68.9 cm³/mol. The highest BCUT2D eigenvalue weighted by Crippen LogP contribution is 2.16. The number of nitrogens with zero attached hydrogens (tertiary/aromatic N) is 1. The Kier molecular flexibility index (Phi) is 5.14. The minimum atomic E-state index is -0.476. The number of piperidine rings is 1. The van der Waals surface area contributed by atoms with E-state index in [4.69, 9.17) is 5.11 Å². The molecule has 0 saturated carbocycles. The van der Waals surface area contributed by atoms with Crippen LogP contribution in [0.1, 0.15) is 33.6 Å². The number of aliphatic hydroxyl groups is 1. The van der Waals surface area contributed by atoms with Gasteiger partial charge in [-0.1, -0.05) is 20.8 Å². The first kappa shape index (κ1) is 15.0. The van der Waals surface area contributed by atoms with E-state index in [0.717, 1.165) is 19.4 Å². The minimum Gasteiger partial charge on any atom is -0.396 e. The van der Waals surface area contributed by atoms with E-state index in [9.17, 15) is 9.59 Å². The van der Waals surface area contributed by atoms with Crippen LogP contribution in [0.15, 0.2) is 0 Å². The van der Waals surface area contributed by atoms with Gasteiger partial charge in [0.25, 0.3) is 0 Å². The SMILES string of the molecule is CC(C)(C)C(=O)NCC(=O)N1CCCC(CO)C1. The van der Waals surface area contributed by atoms with Crippen LogP contribution < -0.4 is 5.32 Å². The molecule has 2 N–H and O–H groups in total. The van der Waals surface area contributed by atoms with Crippen molar-refractivity contribution in [3.8, 4) is 0 Å². The van der Waals surface area contributed by atoms with Crippen molar-refractivity contribution in [3.63, 3.8) is 0 Å². The average Bonchev–Trinajstić information content (AvgIpc) is 2.34. The molecular formula is C13H24N2O3. The van der Waals surface area contributed by atoms with Crippen LogP contribution in [0.5, 0.6) is 0 Å². The summed E-state index contributed by atoms with van der Waals surface area (Å²) in [5.74, 6) is -0.00154. The van der Waals surface area contributed by atoms with Gasteiger partial charge >= 0.3 is 0 Å². The summed E-state index contributed by atoms with van der Waals surface area (Å²) in [7, 11) is 0. The number of hydrogen-bond acceptors (Lipinski definition) is 3. The third-order valence-corrected chi connectivity index (χ3v) is 3.21. The molecule has 0 aromatic rings. The maximum atomic E-state index is 11.9. The smallest absolute Gasteiger partial charge is 0.241 e. The van der Waals surface area contributed by atoms with E-state index in [2.05, 4.69) is 5.32 Å². The summed E-state index contributed by atoms with van der Waals surface area (Å²) in [6, 6.07) is 0. The van der Waals surface area contributed by atoms with Gasteiger partial charge in [-0.2, -0.15) is 0 Å². The Bertz CT molecular complexity index is 310. The van der Waals surface area contributed by atoms with Gasteiger partial charge in [-0.3, -0.25) is 9.59 Å². The van der Waals surface area contributed by atoms with Crippen LogP contribution in [0.25, 0.3) is 0 Å². The lowest BCUT2D eigenvalue weighted by Crippen LogP contribution is -2.47. The Hall–Kier alpha value is -1.10. The number of hydrogen-bond donors (Lipinski definition) is 2. The van der Waals surface area contributed by atoms with Gasteiger partial charge in [-0.15, -0.1) is 0 Å². The van der Waals surface area contributed by atoms with Crippen LogP contribution in [0.2, 0.25) is 0 Å². The van der Waals surface area contributed by atoms with Crippen LogP contribution in [0, 0.1) is 11.3 Å². The molecule has 1 heterocycles. The number of carbonyl (C=O) groups excluding carboxylic acids is 2. The summed E-state index contributed by atoms with van der Waals surface area (Å²) in [5, 5.41) is 11.8. The van der Waals surface area contributed by atoms with E-state index in [1.807, 2.05) is 20.8 Å². The number of nitrogens with one attached hydrogen (secondary N) is 1. The quantitative estimate of drug-likeness (QED) is 0.767. The van der Waals surface area contributed by atoms with Gasteiger partial charge in [0.05, 0.1) is 6.54 Å². The molecule has 1 rings (SSSR count). The third-order valence-electron chi connectivity index (χ3n) is 3.21. The van der Waals surface area contributed by atoms with E-state index in [1.165, 1.54) is 0 Å². The highest BCUT2D eigenvalue weighted by atomic mass is 16.3. The number of amides is 2. The summed E-state index contributed by atoms with van der Waals surface area (Å²) in [5.41, 5.74) is -0.476. The lowest BCUT2D eigenvalue weighted by molar-refractivity contribution is -0.136. The summed E-state index contributed by atoms with van der Waals surface area (Å²) in [6.07, 6.45) is 1.89. The second kappa shape index (κ2) is 6.18. The first-order valence-electron chi connectivity index (χ1n) is 6.51. The molecule has 18 heavy (non-hydrogen) atoms. The molecule has 1 fully saturated rings. The summed E-state index contributed by atoms with van der Waals surface area (Å²) >= 11 is 0. The Balaban J connectivity index is 2.39. The molecule has 1 saturated heterocycles. The van der Waals surface area contributed by atoms with Gasteiger partial charge in [0.15, 0.2) is 0 Å². The minimum absolute atomic E-state index is 0.0499. The van der Waals surface area contributed by atoms with Crippen LogP contribution in [0.4, 0.5) is 0 Å². The Morgan fingerprint density at radius 1 is 1.39 bits per heavy atom. The molecule has 5 heteroatoms. The molecular weight excluding hydrogens is 232 g/mol. The Labute approximate surface area is 109 Å². The Morgan fingerprint density at radius 2 is 2.06 bits per heavy atom. The van der Waals surface area contributed by atoms with Crippen molar-refractivity contribution in [2.45, 2.75) is 33.6 Å². The van der Waals surface area contributed by atoms with E-state index < -0.39 is 5.41 Å². The molecule has 0 bridgehead atoms. The lowest BCUT2D eigenvalue weighted by atomic mass is 9.95. The van der Waals surface area contributed by atoms with Gasteiger partial charge in [0.1, 0.15) is 0 Å². The van der Waals surface area contributed by atoms with E-state index in [0.29, 0.717) is 6.54 Å². The van der Waals surface area contributed by atoms with E-state index in [-0.39, 0.29) is 30.9 Å². The molecule has 1 aliphatic heterocycles. The van der Waals surface area contributed by atoms with Crippen LogP contribution >= 0.6 is 0 Å². The van der Waals surface area contributed by atoms with Gasteiger partial charge in [0, 0.05) is 25.1 Å². The zero-order chi connectivity index (χ0) is 13.8. The molecule has 104 valence electrons. The fourth-order valence-corrected chi connectivity index (χ4v) is 1.97. The second-order valence-electron chi connectivity index (χ2n) is 5.96. The maximum Gasteiger partial charge on any atom is 0.241 e. The maximum absolute atomic E-state index is 11.9. The summed E-state index contributed by atoms with van der Waals surface area (Å²) in [6.45, 7) is 6.94. The molecule has 0 aliphatic carbocycles. The molecule has 1 atom stereocenters. The van der Waals surface area contributed by atoms with E-state index >= 15 is 0 Å². The average molecular weight is 256 g/mol. The van der Waals surface area contributed by atoms with Gasteiger partial charge in [-0.25, -0.2) is 0 Å². The summed E-state index contributed by atoms with van der Waals surface area (Å²) in [4.78, 5) is 25.3. The molecule has 0 aromatic heterocycles. The molecule has 0 aromatic carbocycles. The van der Waals surface area contributed by atoms with Crippen molar-refractivity contribution in [1.29, 1.82) is 0 Å². The van der Waals surface area contributed by atoms with Gasteiger partial charge in [0.2, 0.25) is 11.8 Å². The monoisotopic (exact) mass is 256 g/mol. The summed E-state index contributed by atoms with van der Waals surface area (Å²) < 4.78 is 0. The van der Waals surface area contributed by atoms with Crippen molar-refractivity contribution >= 4 is 11.8 Å². The van der Waals surface area contributed by atoms with Crippen molar-refractivity contribution < 1.29 is 14.7 Å². The molecule has 2 amide bonds. The predicted octanol–water partition coefficient (Wildman–Crippen LogP) is 0.380. The highest BCUT2D eigenvalue weighted by molar-refractivity contribution is 5.87. The number of rotatable bonds is 3. The fourth-order valence-electron chi connectivity index (χ4n) is 1.97. The fraction of sp³-hybridized carbons (Fsp3) is 0.846. The molecule has 0 radical (unpaired) electrons. The standard InChI is InChI=1S/C13H24N2O3/c1-13(2,3)12(18)14-7-11(17)15-6-4-5-10(8-15)9-16/h10,16H,4-9H2,1-3H3,(H,14,18). The number of carbonyl (C=O) groups is 2. The second-order valence-corrected chi connectivity index (χ2v) is 5.96. The molecule has 1 unspecified atom stereocenters. The first-order chi connectivity index (χ1) is 8.34. The van der Waals surface area contributed by atoms with Crippen molar-refractivity contribution in [2.24, 2.45) is 11.3 Å². The van der Waals surface area contributed by atoms with Crippen LogP contribution in [0.3, 0.4) is 0 Å². The number of likely N-dealkylation sites (tertiary alicyclic amines) is 1. The molecule has 1 aliphatic rings. The van der Waals surface area contributed by atoms with Crippen LogP contribution in [-0.2, 0) is 9.59 Å². The van der Waals surface area contributed by atoms with Gasteiger partial charge in [-0.05, 0) is 18.8 Å². The molecule has 0 spiro atoms. The van der Waals surface area contributed by atoms with E-state index in [1.54, 1.807) is 4.90 Å². The lowest BCUT2D eigenvalue weighted by Gasteiger charge is -2.32. The first-order valence-corrected chi connectivity index (χ1v) is 6.51. The zero-order valence-corrected chi connectivity index (χ0v) is 11.5. The normalized spacial score (nSPS) is 20.7. The van der Waals surface area contributed by atoms with Crippen molar-refractivity contribution in [3.05, 3.63) is 0 Å². The largest absolute Gasteiger partial charge is 0.396 e. The third kappa shape index (κ3) is 4.29. The zero-order valence-electron chi connectivity index (χ0n) is 11.5. The molecule has 5 nitrogen and oxygen atoms in total. The van der Waals surface area contributed by atoms with Crippen LogP contribution in [-0.4, -0.2) is 48.1 Å². The number of aliphatic hydroxyl groups excluding tert-OH is 1. The van der Waals surface area contributed by atoms with Crippen molar-refractivity contribution in [2.75, 3.05) is 26.2 Å². The van der Waals surface area contributed by atoms with Crippen molar-refractivity contribution in [1.82, 2.24) is 10.2 Å². The Morgan fingerprint density at radius 3 is 2.61 bits per heavy atom.